The van der Waals surface area contributed by atoms with Crippen LogP contribution < -0.4 is 5.32 Å². The second-order valence-corrected chi connectivity index (χ2v) is 6.55. The number of benzene rings is 1. The summed E-state index contributed by atoms with van der Waals surface area (Å²) < 4.78 is 5.23. The number of carbonyl (C=O) groups excluding carboxylic acids is 2. The zero-order valence-electron chi connectivity index (χ0n) is 14.3. The zero-order valence-corrected chi connectivity index (χ0v) is 14.3. The molecule has 0 aliphatic carbocycles. The summed E-state index contributed by atoms with van der Waals surface area (Å²) in [5, 5.41) is 2.87. The van der Waals surface area contributed by atoms with Crippen LogP contribution >= 0.6 is 0 Å². The van der Waals surface area contributed by atoms with Crippen LogP contribution in [0.1, 0.15) is 31.9 Å². The molecule has 22 heavy (non-hydrogen) atoms. The molecular formula is C17H26N2O3. The fourth-order valence-electron chi connectivity index (χ4n) is 1.97. The molecular weight excluding hydrogens is 280 g/mol. The number of nitrogens with zero attached hydrogens (tertiary/aromatic N) is 1. The largest absolute Gasteiger partial charge is 0.459 e. The number of esters is 1. The molecule has 0 radical (unpaired) electrons. The Hall–Kier alpha value is -1.88. The second-order valence-electron chi connectivity index (χ2n) is 6.55. The molecule has 0 aliphatic heterocycles. The fraction of sp³-hybridized carbons (Fsp3) is 0.529. The van der Waals surface area contributed by atoms with E-state index in [1.165, 1.54) is 0 Å². The lowest BCUT2D eigenvalue weighted by Gasteiger charge is -2.22. The molecule has 0 fully saturated rings. The summed E-state index contributed by atoms with van der Waals surface area (Å²) in [7, 11) is 1.71. The summed E-state index contributed by atoms with van der Waals surface area (Å²) in [6.45, 7) is 9.63. The van der Waals surface area contributed by atoms with Gasteiger partial charge in [-0.2, -0.15) is 0 Å². The van der Waals surface area contributed by atoms with Crippen molar-refractivity contribution in [2.24, 2.45) is 0 Å². The molecule has 1 aromatic rings. The molecule has 1 N–H and O–H groups in total. The lowest BCUT2D eigenvalue weighted by molar-refractivity contribution is -0.155. The molecule has 0 atom stereocenters. The molecule has 0 saturated heterocycles. The van der Waals surface area contributed by atoms with E-state index < -0.39 is 5.60 Å². The van der Waals surface area contributed by atoms with E-state index in [1.54, 1.807) is 11.9 Å². The van der Waals surface area contributed by atoms with Gasteiger partial charge in [-0.3, -0.25) is 14.5 Å². The van der Waals surface area contributed by atoms with Crippen molar-refractivity contribution in [3.05, 3.63) is 29.3 Å². The maximum Gasteiger partial charge on any atom is 0.320 e. The van der Waals surface area contributed by atoms with Crippen molar-refractivity contribution < 1.29 is 14.3 Å². The summed E-state index contributed by atoms with van der Waals surface area (Å²) in [4.78, 5) is 25.4. The first-order chi connectivity index (χ1) is 10.1. The number of anilines is 1. The van der Waals surface area contributed by atoms with E-state index in [9.17, 15) is 9.59 Å². The summed E-state index contributed by atoms with van der Waals surface area (Å²) in [5.41, 5.74) is 2.46. The van der Waals surface area contributed by atoms with Gasteiger partial charge < -0.3 is 10.1 Å². The van der Waals surface area contributed by atoms with Crippen LogP contribution in [0.15, 0.2) is 18.2 Å². The van der Waals surface area contributed by atoms with Gasteiger partial charge >= 0.3 is 5.97 Å². The molecule has 0 aliphatic rings. The van der Waals surface area contributed by atoms with Gasteiger partial charge in [0.25, 0.3) is 0 Å². The molecule has 122 valence electrons. The lowest BCUT2D eigenvalue weighted by atomic mass is 10.1. The first-order valence-corrected chi connectivity index (χ1v) is 7.35. The molecule has 5 heteroatoms. The third kappa shape index (κ3) is 6.26. The molecule has 5 nitrogen and oxygen atoms in total. The summed E-state index contributed by atoms with van der Waals surface area (Å²) >= 11 is 0. The average Bonchev–Trinajstić information content (AvgIpc) is 2.31. The van der Waals surface area contributed by atoms with Crippen LogP contribution in [0, 0.1) is 13.8 Å². The second kappa shape index (κ2) is 7.40. The zero-order chi connectivity index (χ0) is 16.9. The van der Waals surface area contributed by atoms with Crippen LogP contribution in [0.2, 0.25) is 0 Å². The van der Waals surface area contributed by atoms with Crippen LogP contribution in [0.5, 0.6) is 0 Å². The van der Waals surface area contributed by atoms with Crippen molar-refractivity contribution in [2.45, 2.75) is 40.2 Å². The quantitative estimate of drug-likeness (QED) is 0.849. The van der Waals surface area contributed by atoms with E-state index in [-0.39, 0.29) is 25.0 Å². The Morgan fingerprint density at radius 3 is 2.41 bits per heavy atom. The van der Waals surface area contributed by atoms with Crippen LogP contribution in [0.25, 0.3) is 0 Å². The van der Waals surface area contributed by atoms with Gasteiger partial charge in [0.2, 0.25) is 5.91 Å². The minimum absolute atomic E-state index is 0.0808. The predicted octanol–water partition coefficient (Wildman–Crippen LogP) is 2.52. The highest BCUT2D eigenvalue weighted by Gasteiger charge is 2.18. The van der Waals surface area contributed by atoms with Gasteiger partial charge in [0.05, 0.1) is 13.1 Å². The summed E-state index contributed by atoms with van der Waals surface area (Å²) in [6.07, 6.45) is 0. The Morgan fingerprint density at radius 2 is 1.82 bits per heavy atom. The van der Waals surface area contributed by atoms with Crippen LogP contribution in [0.4, 0.5) is 5.69 Å². The third-order valence-electron chi connectivity index (χ3n) is 3.11. The Morgan fingerprint density at radius 1 is 1.18 bits per heavy atom. The summed E-state index contributed by atoms with van der Waals surface area (Å²) in [6, 6.07) is 5.77. The van der Waals surface area contributed by atoms with Crippen LogP contribution in [0.3, 0.4) is 0 Å². The molecule has 0 aromatic heterocycles. The Kier molecular flexibility index (Phi) is 6.11. The first-order valence-electron chi connectivity index (χ1n) is 7.35. The number of rotatable bonds is 5. The van der Waals surface area contributed by atoms with Crippen LogP contribution in [-0.4, -0.2) is 42.5 Å². The van der Waals surface area contributed by atoms with E-state index in [0.717, 1.165) is 16.8 Å². The third-order valence-corrected chi connectivity index (χ3v) is 3.11. The number of ether oxygens (including phenoxy) is 1. The van der Waals surface area contributed by atoms with Crippen molar-refractivity contribution in [3.63, 3.8) is 0 Å². The Bertz CT molecular complexity index is 547. The van der Waals surface area contributed by atoms with Crippen LogP contribution in [-0.2, 0) is 14.3 Å². The minimum Gasteiger partial charge on any atom is -0.459 e. The number of amides is 1. The minimum atomic E-state index is -0.515. The van der Waals surface area contributed by atoms with Crippen molar-refractivity contribution in [1.82, 2.24) is 4.90 Å². The molecule has 0 bridgehead atoms. The van der Waals surface area contributed by atoms with E-state index in [1.807, 2.05) is 52.8 Å². The fourth-order valence-corrected chi connectivity index (χ4v) is 1.97. The van der Waals surface area contributed by atoms with Gasteiger partial charge in [0.15, 0.2) is 0 Å². The van der Waals surface area contributed by atoms with Gasteiger partial charge in [-0.05, 0) is 58.9 Å². The van der Waals surface area contributed by atoms with Gasteiger partial charge in [0.1, 0.15) is 5.60 Å². The van der Waals surface area contributed by atoms with Gasteiger partial charge in [-0.25, -0.2) is 0 Å². The molecule has 0 saturated carbocycles. The number of aryl methyl sites for hydroxylation is 1. The first kappa shape index (κ1) is 18.2. The van der Waals surface area contributed by atoms with E-state index >= 15 is 0 Å². The molecule has 0 spiro atoms. The topological polar surface area (TPSA) is 58.6 Å². The highest BCUT2D eigenvalue weighted by molar-refractivity contribution is 5.93. The van der Waals surface area contributed by atoms with E-state index in [2.05, 4.69) is 5.32 Å². The lowest BCUT2D eigenvalue weighted by Crippen LogP contribution is -2.37. The Balaban J connectivity index is 2.51. The number of likely N-dealkylation sites (N-methyl/N-ethyl adjacent to an activating group) is 1. The molecule has 1 aromatic carbocycles. The Labute approximate surface area is 132 Å². The van der Waals surface area contributed by atoms with Gasteiger partial charge in [-0.1, -0.05) is 12.1 Å². The summed E-state index contributed by atoms with van der Waals surface area (Å²) in [5.74, 6) is -0.491. The van der Waals surface area contributed by atoms with Gasteiger partial charge in [0, 0.05) is 5.69 Å². The smallest absolute Gasteiger partial charge is 0.320 e. The van der Waals surface area contributed by atoms with E-state index in [4.69, 9.17) is 4.74 Å². The number of hydrogen-bond donors (Lipinski definition) is 1. The maximum absolute atomic E-state index is 12.0. The molecule has 0 unspecified atom stereocenters. The predicted molar refractivity (Wildman–Crippen MR) is 87.9 cm³/mol. The SMILES string of the molecule is Cc1cccc(NC(=O)CN(C)CC(=O)OC(C)(C)C)c1C. The molecule has 0 heterocycles. The normalized spacial score (nSPS) is 11.4. The maximum atomic E-state index is 12.0. The van der Waals surface area contributed by atoms with Gasteiger partial charge in [-0.15, -0.1) is 0 Å². The van der Waals surface area contributed by atoms with Crippen molar-refractivity contribution in [3.8, 4) is 0 Å². The number of hydrogen-bond acceptors (Lipinski definition) is 4. The standard InChI is InChI=1S/C17H26N2O3/c1-12-8-7-9-14(13(12)2)18-15(20)10-19(6)11-16(21)22-17(3,4)5/h7-9H,10-11H2,1-6H3,(H,18,20). The highest BCUT2D eigenvalue weighted by atomic mass is 16.6. The molecule has 1 rings (SSSR count). The average molecular weight is 306 g/mol. The van der Waals surface area contributed by atoms with E-state index in [0.29, 0.717) is 0 Å². The number of nitrogens with one attached hydrogen (secondary N) is 1. The van der Waals surface area contributed by atoms with Crippen molar-refractivity contribution >= 4 is 17.6 Å². The van der Waals surface area contributed by atoms with Crippen molar-refractivity contribution in [2.75, 3.05) is 25.5 Å². The highest BCUT2D eigenvalue weighted by Crippen LogP contribution is 2.17. The van der Waals surface area contributed by atoms with Crippen molar-refractivity contribution in [1.29, 1.82) is 0 Å². The number of carbonyl (C=O) groups is 2. The molecule has 1 amide bonds. The monoisotopic (exact) mass is 306 g/mol.